The molecule has 0 aromatic carbocycles. The first-order valence-corrected chi connectivity index (χ1v) is 7.02. The SMILES string of the molecule is COc1ccc(-c2noc(C3CCCCCC3=O)n2)nn1. The van der Waals surface area contributed by atoms with E-state index in [1.807, 2.05) is 0 Å². The van der Waals surface area contributed by atoms with Crippen molar-refractivity contribution in [2.75, 3.05) is 7.11 Å². The Kier molecular flexibility index (Phi) is 3.89. The van der Waals surface area contributed by atoms with E-state index < -0.39 is 0 Å². The second-order valence-electron chi connectivity index (χ2n) is 5.04. The van der Waals surface area contributed by atoms with E-state index in [1.54, 1.807) is 12.1 Å². The summed E-state index contributed by atoms with van der Waals surface area (Å²) in [6.07, 6.45) is 4.39. The van der Waals surface area contributed by atoms with E-state index in [-0.39, 0.29) is 11.7 Å². The molecule has 1 aliphatic rings. The first-order valence-electron chi connectivity index (χ1n) is 7.02. The smallest absolute Gasteiger partial charge is 0.237 e. The molecule has 0 amide bonds. The maximum Gasteiger partial charge on any atom is 0.237 e. The number of ether oxygens (including phenoxy) is 1. The van der Waals surface area contributed by atoms with E-state index in [2.05, 4.69) is 20.3 Å². The molecule has 7 heteroatoms. The molecule has 0 saturated heterocycles. The van der Waals surface area contributed by atoms with Crippen LogP contribution in [0.5, 0.6) is 5.88 Å². The van der Waals surface area contributed by atoms with Crippen LogP contribution in [-0.4, -0.2) is 33.2 Å². The summed E-state index contributed by atoms with van der Waals surface area (Å²) < 4.78 is 10.2. The van der Waals surface area contributed by atoms with E-state index >= 15 is 0 Å². The Morgan fingerprint density at radius 1 is 1.24 bits per heavy atom. The summed E-state index contributed by atoms with van der Waals surface area (Å²) in [7, 11) is 1.52. The monoisotopic (exact) mass is 288 g/mol. The van der Waals surface area contributed by atoms with Gasteiger partial charge >= 0.3 is 0 Å². The van der Waals surface area contributed by atoms with Gasteiger partial charge in [0.05, 0.1) is 13.0 Å². The Hall–Kier alpha value is -2.31. The van der Waals surface area contributed by atoms with Gasteiger partial charge in [0.15, 0.2) is 0 Å². The van der Waals surface area contributed by atoms with Gasteiger partial charge in [0.2, 0.25) is 17.6 Å². The number of Topliss-reactive ketones (excluding diaryl/α,β-unsaturated/α-hetero) is 1. The fourth-order valence-electron chi connectivity index (χ4n) is 2.45. The average molecular weight is 288 g/mol. The summed E-state index contributed by atoms with van der Waals surface area (Å²) in [6.45, 7) is 0. The molecule has 3 rings (SSSR count). The zero-order chi connectivity index (χ0) is 14.7. The third kappa shape index (κ3) is 2.91. The van der Waals surface area contributed by atoms with Crippen molar-refractivity contribution in [2.45, 2.75) is 38.0 Å². The highest BCUT2D eigenvalue weighted by Crippen LogP contribution is 2.29. The second-order valence-corrected chi connectivity index (χ2v) is 5.04. The molecule has 0 spiro atoms. The normalized spacial score (nSPS) is 19.3. The van der Waals surface area contributed by atoms with Gasteiger partial charge in [0.25, 0.3) is 0 Å². The Morgan fingerprint density at radius 2 is 2.14 bits per heavy atom. The van der Waals surface area contributed by atoms with Crippen LogP contribution in [0, 0.1) is 0 Å². The number of aromatic nitrogens is 4. The lowest BCUT2D eigenvalue weighted by Crippen LogP contribution is -2.10. The van der Waals surface area contributed by atoms with Crippen LogP contribution >= 0.6 is 0 Å². The van der Waals surface area contributed by atoms with Crippen LogP contribution in [0.3, 0.4) is 0 Å². The summed E-state index contributed by atoms with van der Waals surface area (Å²) in [5, 5.41) is 11.7. The van der Waals surface area contributed by atoms with Gasteiger partial charge in [-0.1, -0.05) is 18.0 Å². The van der Waals surface area contributed by atoms with Gasteiger partial charge in [0, 0.05) is 12.5 Å². The van der Waals surface area contributed by atoms with Crippen molar-refractivity contribution >= 4 is 5.78 Å². The van der Waals surface area contributed by atoms with E-state index in [1.165, 1.54) is 7.11 Å². The van der Waals surface area contributed by atoms with Crippen LogP contribution < -0.4 is 4.74 Å². The Balaban J connectivity index is 1.83. The Morgan fingerprint density at radius 3 is 2.90 bits per heavy atom. The summed E-state index contributed by atoms with van der Waals surface area (Å²) in [5.74, 6) is 1.05. The number of carbonyl (C=O) groups excluding carboxylic acids is 1. The van der Waals surface area contributed by atoms with Crippen molar-refractivity contribution in [3.8, 4) is 17.4 Å². The Bertz CT molecular complexity index is 623. The third-order valence-electron chi connectivity index (χ3n) is 3.62. The number of hydrogen-bond acceptors (Lipinski definition) is 7. The molecule has 0 N–H and O–H groups in total. The van der Waals surface area contributed by atoms with Crippen molar-refractivity contribution in [2.24, 2.45) is 0 Å². The highest BCUT2D eigenvalue weighted by molar-refractivity contribution is 5.85. The number of carbonyl (C=O) groups is 1. The largest absolute Gasteiger partial charge is 0.480 e. The lowest BCUT2D eigenvalue weighted by atomic mass is 9.99. The summed E-state index contributed by atoms with van der Waals surface area (Å²) in [5.41, 5.74) is 0.492. The zero-order valence-corrected chi connectivity index (χ0v) is 11.8. The minimum atomic E-state index is -0.278. The molecule has 2 aromatic rings. The maximum atomic E-state index is 12.1. The molecule has 110 valence electrons. The van der Waals surface area contributed by atoms with Gasteiger partial charge in [-0.05, 0) is 18.9 Å². The van der Waals surface area contributed by atoms with Crippen molar-refractivity contribution in [3.63, 3.8) is 0 Å². The molecule has 1 atom stereocenters. The van der Waals surface area contributed by atoms with E-state index in [9.17, 15) is 4.79 Å². The molecule has 1 aliphatic carbocycles. The summed E-state index contributed by atoms with van der Waals surface area (Å²) in [6, 6.07) is 3.38. The number of hydrogen-bond donors (Lipinski definition) is 0. The van der Waals surface area contributed by atoms with Gasteiger partial charge < -0.3 is 9.26 Å². The molecule has 0 bridgehead atoms. The van der Waals surface area contributed by atoms with E-state index in [0.717, 1.165) is 25.7 Å². The lowest BCUT2D eigenvalue weighted by molar-refractivity contribution is -0.120. The number of rotatable bonds is 3. The van der Waals surface area contributed by atoms with Crippen LogP contribution in [0.15, 0.2) is 16.7 Å². The molecule has 1 unspecified atom stereocenters. The molecule has 0 aliphatic heterocycles. The van der Waals surface area contributed by atoms with Crippen LogP contribution in [0.4, 0.5) is 0 Å². The minimum absolute atomic E-state index is 0.184. The predicted octanol–water partition coefficient (Wildman–Crippen LogP) is 2.15. The zero-order valence-electron chi connectivity index (χ0n) is 11.8. The van der Waals surface area contributed by atoms with E-state index in [0.29, 0.717) is 29.7 Å². The standard InChI is InChI=1S/C14H16N4O3/c1-20-12-8-7-10(16-17-12)13-15-14(21-18-13)9-5-3-2-4-6-11(9)19/h7-9H,2-6H2,1H3. The van der Waals surface area contributed by atoms with Crippen molar-refractivity contribution in [1.29, 1.82) is 0 Å². The second kappa shape index (κ2) is 5.99. The summed E-state index contributed by atoms with van der Waals surface area (Å²) >= 11 is 0. The molecule has 2 heterocycles. The van der Waals surface area contributed by atoms with Crippen LogP contribution in [0.1, 0.15) is 43.9 Å². The molecule has 1 saturated carbocycles. The van der Waals surface area contributed by atoms with Crippen molar-refractivity contribution in [3.05, 3.63) is 18.0 Å². The molecular weight excluding hydrogens is 272 g/mol. The molecule has 7 nitrogen and oxygen atoms in total. The van der Waals surface area contributed by atoms with Gasteiger partial charge in [-0.15, -0.1) is 10.2 Å². The maximum absolute atomic E-state index is 12.1. The predicted molar refractivity (Wildman–Crippen MR) is 72.7 cm³/mol. The number of methoxy groups -OCH3 is 1. The molecular formula is C14H16N4O3. The lowest BCUT2D eigenvalue weighted by Gasteiger charge is -2.06. The van der Waals surface area contributed by atoms with Crippen molar-refractivity contribution < 1.29 is 14.1 Å². The highest BCUT2D eigenvalue weighted by Gasteiger charge is 2.28. The molecule has 0 radical (unpaired) electrons. The molecule has 2 aromatic heterocycles. The fourth-order valence-corrected chi connectivity index (χ4v) is 2.45. The number of nitrogens with zero attached hydrogens (tertiary/aromatic N) is 4. The molecule has 1 fully saturated rings. The third-order valence-corrected chi connectivity index (χ3v) is 3.62. The van der Waals surface area contributed by atoms with E-state index in [4.69, 9.17) is 9.26 Å². The van der Waals surface area contributed by atoms with Gasteiger partial charge in [-0.2, -0.15) is 4.98 Å². The highest BCUT2D eigenvalue weighted by atomic mass is 16.5. The first-order chi connectivity index (χ1) is 10.3. The topological polar surface area (TPSA) is 91.0 Å². The van der Waals surface area contributed by atoms with Crippen LogP contribution in [-0.2, 0) is 4.79 Å². The van der Waals surface area contributed by atoms with Crippen LogP contribution in [0.2, 0.25) is 0 Å². The quantitative estimate of drug-likeness (QED) is 0.799. The van der Waals surface area contributed by atoms with Gasteiger partial charge in [-0.3, -0.25) is 4.79 Å². The number of ketones is 1. The average Bonchev–Trinajstić information content (AvgIpc) is 2.90. The van der Waals surface area contributed by atoms with Gasteiger partial charge in [0.1, 0.15) is 11.5 Å². The molecule has 21 heavy (non-hydrogen) atoms. The van der Waals surface area contributed by atoms with Crippen LogP contribution in [0.25, 0.3) is 11.5 Å². The Labute approximate surface area is 121 Å². The first kappa shape index (κ1) is 13.7. The minimum Gasteiger partial charge on any atom is -0.480 e. The van der Waals surface area contributed by atoms with Gasteiger partial charge in [-0.25, -0.2) is 0 Å². The van der Waals surface area contributed by atoms with Crippen molar-refractivity contribution in [1.82, 2.24) is 20.3 Å². The fraction of sp³-hybridized carbons (Fsp3) is 0.500. The summed E-state index contributed by atoms with van der Waals surface area (Å²) in [4.78, 5) is 16.4.